The average molecular weight is 246 g/mol. The molecule has 18 heavy (non-hydrogen) atoms. The Labute approximate surface area is 106 Å². The van der Waals surface area contributed by atoms with Crippen molar-refractivity contribution in [2.75, 3.05) is 6.61 Å². The lowest BCUT2D eigenvalue weighted by molar-refractivity contribution is -0.130. The van der Waals surface area contributed by atoms with Crippen LogP contribution in [0.3, 0.4) is 0 Å². The summed E-state index contributed by atoms with van der Waals surface area (Å²) in [5.74, 6) is 0.226. The third-order valence-electron chi connectivity index (χ3n) is 1.99. The molecule has 0 N–H and O–H groups in total. The van der Waals surface area contributed by atoms with Crippen LogP contribution < -0.4 is 9.47 Å². The molecule has 0 atom stereocenters. The largest absolute Gasteiger partial charge is 0.485 e. The minimum absolute atomic E-state index is 0.0611. The molecule has 0 heterocycles. The molecule has 0 aliphatic heterocycles. The average Bonchev–Trinajstić information content (AvgIpc) is 2.37. The molecule has 0 fully saturated rings. The monoisotopic (exact) mass is 246 g/mol. The molecule has 0 amide bonds. The van der Waals surface area contributed by atoms with Crippen molar-refractivity contribution in [3.63, 3.8) is 0 Å². The van der Waals surface area contributed by atoms with Gasteiger partial charge in [0.1, 0.15) is 11.5 Å². The number of ketones is 1. The zero-order valence-corrected chi connectivity index (χ0v) is 10.1. The molecular weight excluding hydrogens is 232 g/mol. The summed E-state index contributed by atoms with van der Waals surface area (Å²) in [6, 6.07) is 6.37. The van der Waals surface area contributed by atoms with E-state index in [4.69, 9.17) is 9.47 Å². The highest BCUT2D eigenvalue weighted by molar-refractivity contribution is 5.90. The maximum Gasteiger partial charge on any atom is 0.338 e. The van der Waals surface area contributed by atoms with E-state index in [0.29, 0.717) is 17.1 Å². The van der Waals surface area contributed by atoms with Gasteiger partial charge in [-0.1, -0.05) is 13.2 Å². The van der Waals surface area contributed by atoms with Crippen LogP contribution in [0.4, 0.5) is 0 Å². The highest BCUT2D eigenvalue weighted by Crippen LogP contribution is 2.18. The maximum absolute atomic E-state index is 11.2. The van der Waals surface area contributed by atoms with Crippen LogP contribution in [0.2, 0.25) is 0 Å². The van der Waals surface area contributed by atoms with Crippen LogP contribution in [0.15, 0.2) is 49.1 Å². The Morgan fingerprint density at radius 3 is 2.28 bits per heavy atom. The van der Waals surface area contributed by atoms with Gasteiger partial charge in [-0.05, 0) is 37.3 Å². The number of ether oxygens (including phenoxy) is 2. The van der Waals surface area contributed by atoms with E-state index < -0.39 is 5.97 Å². The van der Waals surface area contributed by atoms with Gasteiger partial charge in [0.2, 0.25) is 0 Å². The fourth-order valence-corrected chi connectivity index (χ4v) is 1.01. The minimum atomic E-state index is -0.481. The number of hydrogen-bond acceptors (Lipinski definition) is 4. The van der Waals surface area contributed by atoms with Crippen molar-refractivity contribution in [3.05, 3.63) is 49.1 Å². The highest BCUT2D eigenvalue weighted by Gasteiger charge is 2.05. The lowest BCUT2D eigenvalue weighted by atomic mass is 10.3. The predicted octanol–water partition coefficient (Wildman–Crippen LogP) is 2.30. The second-order valence-corrected chi connectivity index (χ2v) is 3.60. The van der Waals surface area contributed by atoms with Gasteiger partial charge in [0.15, 0.2) is 12.4 Å². The molecular formula is C14H14O4. The van der Waals surface area contributed by atoms with Gasteiger partial charge in [-0.15, -0.1) is 0 Å². The molecule has 0 spiro atoms. The lowest BCUT2D eigenvalue weighted by Gasteiger charge is -2.06. The van der Waals surface area contributed by atoms with Crippen molar-refractivity contribution in [2.45, 2.75) is 6.92 Å². The summed E-state index contributed by atoms with van der Waals surface area (Å²) >= 11 is 0. The Balaban J connectivity index is 2.57. The molecule has 0 aliphatic carbocycles. The van der Waals surface area contributed by atoms with Gasteiger partial charge in [-0.2, -0.15) is 0 Å². The Morgan fingerprint density at radius 1 is 1.22 bits per heavy atom. The summed E-state index contributed by atoms with van der Waals surface area (Å²) in [4.78, 5) is 22.2. The van der Waals surface area contributed by atoms with E-state index in [1.165, 1.54) is 6.08 Å². The fourth-order valence-electron chi connectivity index (χ4n) is 1.01. The van der Waals surface area contributed by atoms with Crippen molar-refractivity contribution in [3.8, 4) is 11.5 Å². The fraction of sp³-hybridized carbons (Fsp3) is 0.143. The van der Waals surface area contributed by atoms with Gasteiger partial charge < -0.3 is 9.47 Å². The number of carbonyl (C=O) groups is 2. The van der Waals surface area contributed by atoms with Crippen molar-refractivity contribution in [2.24, 2.45) is 0 Å². The summed E-state index contributed by atoms with van der Waals surface area (Å²) in [5.41, 5.74) is 0.326. The van der Waals surface area contributed by atoms with E-state index in [0.717, 1.165) is 0 Å². The van der Waals surface area contributed by atoms with E-state index >= 15 is 0 Å². The normalized spacial score (nSPS) is 9.39. The minimum Gasteiger partial charge on any atom is -0.485 e. The molecule has 1 rings (SSSR count). The van der Waals surface area contributed by atoms with Crippen LogP contribution in [-0.4, -0.2) is 18.4 Å². The zero-order valence-electron chi connectivity index (χ0n) is 10.1. The predicted molar refractivity (Wildman–Crippen MR) is 67.6 cm³/mol. The third-order valence-corrected chi connectivity index (χ3v) is 1.99. The Kier molecular flexibility index (Phi) is 4.87. The molecule has 1 aromatic rings. The van der Waals surface area contributed by atoms with Gasteiger partial charge >= 0.3 is 5.97 Å². The third kappa shape index (κ3) is 4.25. The van der Waals surface area contributed by atoms with Crippen molar-refractivity contribution in [1.29, 1.82) is 0 Å². The molecule has 0 saturated heterocycles. The summed E-state index contributed by atoms with van der Waals surface area (Å²) in [6.45, 7) is 8.33. The first kappa shape index (κ1) is 13.7. The first-order chi connectivity index (χ1) is 8.52. The second kappa shape index (κ2) is 6.39. The summed E-state index contributed by atoms with van der Waals surface area (Å²) in [5, 5.41) is 0. The van der Waals surface area contributed by atoms with E-state index in [1.54, 1.807) is 31.2 Å². The van der Waals surface area contributed by atoms with E-state index in [9.17, 15) is 9.59 Å². The first-order valence-corrected chi connectivity index (χ1v) is 5.28. The van der Waals surface area contributed by atoms with E-state index in [-0.39, 0.29) is 12.4 Å². The molecule has 0 unspecified atom stereocenters. The SMILES string of the molecule is C=CC(=O)COc1ccc(OC(=O)C(=C)C)cc1. The molecule has 0 radical (unpaired) electrons. The van der Waals surface area contributed by atoms with Crippen LogP contribution in [-0.2, 0) is 9.59 Å². The molecule has 0 bridgehead atoms. The lowest BCUT2D eigenvalue weighted by Crippen LogP contribution is -2.09. The smallest absolute Gasteiger partial charge is 0.338 e. The van der Waals surface area contributed by atoms with Crippen LogP contribution >= 0.6 is 0 Å². The Bertz CT molecular complexity index is 471. The topological polar surface area (TPSA) is 52.6 Å². The summed E-state index contributed by atoms with van der Waals surface area (Å²) < 4.78 is 10.2. The molecule has 1 aromatic carbocycles. The zero-order chi connectivity index (χ0) is 13.5. The van der Waals surface area contributed by atoms with Crippen molar-refractivity contribution < 1.29 is 19.1 Å². The molecule has 94 valence electrons. The second-order valence-electron chi connectivity index (χ2n) is 3.60. The van der Waals surface area contributed by atoms with E-state index in [1.807, 2.05) is 0 Å². The van der Waals surface area contributed by atoms with Crippen molar-refractivity contribution in [1.82, 2.24) is 0 Å². The van der Waals surface area contributed by atoms with Gasteiger partial charge in [-0.25, -0.2) is 4.79 Å². The van der Waals surface area contributed by atoms with Crippen LogP contribution in [0, 0.1) is 0 Å². The molecule has 0 saturated carbocycles. The van der Waals surface area contributed by atoms with Gasteiger partial charge in [0.25, 0.3) is 0 Å². The Morgan fingerprint density at radius 2 is 1.78 bits per heavy atom. The molecule has 0 aromatic heterocycles. The summed E-state index contributed by atoms with van der Waals surface area (Å²) in [7, 11) is 0. The molecule has 4 heteroatoms. The highest BCUT2D eigenvalue weighted by atomic mass is 16.5. The molecule has 0 aliphatic rings. The number of rotatable bonds is 6. The number of hydrogen-bond donors (Lipinski definition) is 0. The van der Waals surface area contributed by atoms with Crippen molar-refractivity contribution >= 4 is 11.8 Å². The van der Waals surface area contributed by atoms with Crippen LogP contribution in [0.25, 0.3) is 0 Å². The first-order valence-electron chi connectivity index (χ1n) is 5.28. The number of benzene rings is 1. The quantitative estimate of drug-likeness (QED) is 0.439. The van der Waals surface area contributed by atoms with Gasteiger partial charge in [-0.3, -0.25) is 4.79 Å². The number of esters is 1. The van der Waals surface area contributed by atoms with E-state index in [2.05, 4.69) is 13.2 Å². The number of carbonyl (C=O) groups excluding carboxylic acids is 2. The van der Waals surface area contributed by atoms with Crippen LogP contribution in [0.1, 0.15) is 6.92 Å². The summed E-state index contributed by atoms with van der Waals surface area (Å²) in [6.07, 6.45) is 1.20. The van der Waals surface area contributed by atoms with Crippen LogP contribution in [0.5, 0.6) is 11.5 Å². The van der Waals surface area contributed by atoms with Gasteiger partial charge in [0.05, 0.1) is 0 Å². The molecule has 4 nitrogen and oxygen atoms in total. The standard InChI is InChI=1S/C14H14O4/c1-4-11(15)9-17-12-5-7-13(8-6-12)18-14(16)10(2)3/h4-8H,1-2,9H2,3H3. The maximum atomic E-state index is 11.2. The van der Waals surface area contributed by atoms with Gasteiger partial charge in [0, 0.05) is 5.57 Å². The Hall–Kier alpha value is -2.36.